The highest BCUT2D eigenvalue weighted by atomic mass is 16.5. The molecule has 2 N–H and O–H groups in total. The van der Waals surface area contributed by atoms with E-state index in [1.54, 1.807) is 30.5 Å². The normalized spacial score (nSPS) is 10.6. The van der Waals surface area contributed by atoms with Gasteiger partial charge in [-0.2, -0.15) is 0 Å². The number of phenolic OH excluding ortho intramolecular Hbond substituents is 1. The first-order valence-electron chi connectivity index (χ1n) is 8.04. The van der Waals surface area contributed by atoms with E-state index in [1.807, 2.05) is 25.1 Å². The van der Waals surface area contributed by atoms with E-state index in [9.17, 15) is 9.90 Å². The Morgan fingerprint density at radius 3 is 2.64 bits per heavy atom. The third-order valence-corrected chi connectivity index (χ3v) is 3.39. The molecular weight excluding hydrogens is 316 g/mol. The molecule has 0 atom stereocenters. The van der Waals surface area contributed by atoms with Gasteiger partial charge < -0.3 is 15.2 Å². The van der Waals surface area contributed by atoms with Crippen LogP contribution in [0.4, 0.5) is 11.4 Å². The second kappa shape index (κ2) is 8.68. The van der Waals surface area contributed by atoms with Crippen LogP contribution in [0.5, 0.6) is 11.5 Å². The quantitative estimate of drug-likeness (QED) is 0.586. The lowest BCUT2D eigenvalue weighted by Gasteiger charge is -2.10. The van der Waals surface area contributed by atoms with Crippen molar-refractivity contribution in [3.05, 3.63) is 60.2 Å². The average Bonchev–Trinajstić information content (AvgIpc) is 2.58. The molecule has 2 aromatic rings. The Kier molecular flexibility index (Phi) is 6.34. The first-order chi connectivity index (χ1) is 12.0. The number of carbonyl (C=O) groups is 1. The summed E-state index contributed by atoms with van der Waals surface area (Å²) in [6, 6.07) is 10.8. The average molecular weight is 338 g/mol. The summed E-state index contributed by atoms with van der Waals surface area (Å²) in [4.78, 5) is 15.5. The van der Waals surface area contributed by atoms with Crippen molar-refractivity contribution in [3.8, 4) is 11.5 Å². The van der Waals surface area contributed by atoms with Gasteiger partial charge in [-0.25, -0.2) is 0 Å². The SMILES string of the molecule is C=CCc1cc(C=Nc2ccc(NC(C)=O)cc2)cc(OCC)c1O. The molecular formula is C20H22N2O3. The second-order valence-electron chi connectivity index (χ2n) is 5.44. The number of carbonyl (C=O) groups excluding carboxylic acids is 1. The first kappa shape index (κ1) is 18.3. The monoisotopic (exact) mass is 338 g/mol. The molecule has 0 heterocycles. The van der Waals surface area contributed by atoms with E-state index in [-0.39, 0.29) is 11.7 Å². The maximum Gasteiger partial charge on any atom is 0.221 e. The molecule has 0 saturated heterocycles. The molecule has 1 amide bonds. The van der Waals surface area contributed by atoms with Crippen LogP contribution >= 0.6 is 0 Å². The lowest BCUT2D eigenvalue weighted by atomic mass is 10.1. The lowest BCUT2D eigenvalue weighted by molar-refractivity contribution is -0.114. The number of nitrogens with zero attached hydrogens (tertiary/aromatic N) is 1. The molecule has 25 heavy (non-hydrogen) atoms. The highest BCUT2D eigenvalue weighted by molar-refractivity contribution is 5.89. The van der Waals surface area contributed by atoms with Crippen molar-refractivity contribution < 1.29 is 14.6 Å². The third kappa shape index (κ3) is 5.21. The minimum absolute atomic E-state index is 0.112. The number of aliphatic imine (C=N–C) groups is 1. The summed E-state index contributed by atoms with van der Waals surface area (Å²) in [5.41, 5.74) is 3.04. The van der Waals surface area contributed by atoms with Crippen LogP contribution < -0.4 is 10.1 Å². The maximum atomic E-state index is 11.0. The Labute approximate surface area is 147 Å². The molecule has 0 spiro atoms. The summed E-state index contributed by atoms with van der Waals surface area (Å²) >= 11 is 0. The summed E-state index contributed by atoms with van der Waals surface area (Å²) in [5, 5.41) is 12.9. The Morgan fingerprint density at radius 2 is 2.04 bits per heavy atom. The summed E-state index contributed by atoms with van der Waals surface area (Å²) < 4.78 is 5.48. The van der Waals surface area contributed by atoms with E-state index >= 15 is 0 Å². The van der Waals surface area contributed by atoms with Crippen molar-refractivity contribution in [1.29, 1.82) is 0 Å². The minimum Gasteiger partial charge on any atom is -0.504 e. The number of rotatable bonds is 7. The van der Waals surface area contributed by atoms with Crippen molar-refractivity contribution in [2.75, 3.05) is 11.9 Å². The van der Waals surface area contributed by atoms with Crippen molar-refractivity contribution in [1.82, 2.24) is 0 Å². The molecule has 0 bridgehead atoms. The summed E-state index contributed by atoms with van der Waals surface area (Å²) in [5.74, 6) is 0.460. The molecule has 0 aliphatic heterocycles. The second-order valence-corrected chi connectivity index (χ2v) is 5.44. The Hall–Kier alpha value is -3.08. The molecule has 0 radical (unpaired) electrons. The molecule has 0 unspecified atom stereocenters. The van der Waals surface area contributed by atoms with Crippen molar-refractivity contribution >= 4 is 23.5 Å². The first-order valence-corrected chi connectivity index (χ1v) is 8.04. The van der Waals surface area contributed by atoms with E-state index in [0.29, 0.717) is 18.8 Å². The van der Waals surface area contributed by atoms with Gasteiger partial charge in [0.1, 0.15) is 0 Å². The van der Waals surface area contributed by atoms with Gasteiger partial charge in [0.2, 0.25) is 5.91 Å². The van der Waals surface area contributed by atoms with Crippen LogP contribution in [0, 0.1) is 0 Å². The Balaban J connectivity index is 2.24. The van der Waals surface area contributed by atoms with Gasteiger partial charge in [-0.1, -0.05) is 6.08 Å². The number of anilines is 1. The van der Waals surface area contributed by atoms with E-state index < -0.39 is 0 Å². The maximum absolute atomic E-state index is 11.0. The topological polar surface area (TPSA) is 70.9 Å². The van der Waals surface area contributed by atoms with Gasteiger partial charge in [-0.15, -0.1) is 6.58 Å². The van der Waals surface area contributed by atoms with E-state index in [2.05, 4.69) is 16.9 Å². The van der Waals surface area contributed by atoms with Gasteiger partial charge in [0, 0.05) is 24.4 Å². The number of aromatic hydroxyl groups is 1. The molecule has 130 valence electrons. The largest absolute Gasteiger partial charge is 0.504 e. The highest BCUT2D eigenvalue weighted by Gasteiger charge is 2.09. The molecule has 5 heteroatoms. The Bertz CT molecular complexity index is 780. The minimum atomic E-state index is -0.112. The van der Waals surface area contributed by atoms with Crippen molar-refractivity contribution in [2.24, 2.45) is 4.99 Å². The van der Waals surface area contributed by atoms with Crippen LogP contribution in [-0.4, -0.2) is 23.8 Å². The molecule has 5 nitrogen and oxygen atoms in total. The van der Waals surface area contributed by atoms with Gasteiger partial charge in [0.15, 0.2) is 11.5 Å². The van der Waals surface area contributed by atoms with Gasteiger partial charge in [0.25, 0.3) is 0 Å². The zero-order valence-electron chi connectivity index (χ0n) is 14.5. The van der Waals surface area contributed by atoms with Crippen LogP contribution in [0.1, 0.15) is 25.0 Å². The number of nitrogens with one attached hydrogen (secondary N) is 1. The van der Waals surface area contributed by atoms with Crippen LogP contribution in [0.25, 0.3) is 0 Å². The predicted octanol–water partition coefficient (Wildman–Crippen LogP) is 4.23. The van der Waals surface area contributed by atoms with Gasteiger partial charge >= 0.3 is 0 Å². The van der Waals surface area contributed by atoms with Crippen LogP contribution in [0.2, 0.25) is 0 Å². The molecule has 0 fully saturated rings. The number of amides is 1. The fraction of sp³-hybridized carbons (Fsp3) is 0.200. The fourth-order valence-corrected chi connectivity index (χ4v) is 2.32. The van der Waals surface area contributed by atoms with Gasteiger partial charge in [0.05, 0.1) is 12.3 Å². The molecule has 0 aliphatic carbocycles. The number of hydrogen-bond acceptors (Lipinski definition) is 4. The number of ether oxygens (including phenoxy) is 1. The molecule has 2 aromatic carbocycles. The highest BCUT2D eigenvalue weighted by Crippen LogP contribution is 2.32. The molecule has 0 aliphatic rings. The van der Waals surface area contributed by atoms with E-state index in [4.69, 9.17) is 4.74 Å². The zero-order valence-corrected chi connectivity index (χ0v) is 14.5. The standard InChI is InChI=1S/C20H22N2O3/c1-4-6-16-11-15(12-19(20(16)24)25-5-2)13-21-17-7-9-18(10-8-17)22-14(3)23/h4,7-13,24H,1,5-6H2,2-3H3,(H,22,23). The van der Waals surface area contributed by atoms with Gasteiger partial charge in [-0.3, -0.25) is 9.79 Å². The fourth-order valence-electron chi connectivity index (χ4n) is 2.32. The third-order valence-electron chi connectivity index (χ3n) is 3.39. The number of phenols is 1. The number of allylic oxidation sites excluding steroid dienone is 1. The smallest absolute Gasteiger partial charge is 0.221 e. The van der Waals surface area contributed by atoms with Crippen LogP contribution in [0.3, 0.4) is 0 Å². The predicted molar refractivity (Wildman–Crippen MR) is 101 cm³/mol. The van der Waals surface area contributed by atoms with Gasteiger partial charge in [-0.05, 0) is 55.3 Å². The van der Waals surface area contributed by atoms with Crippen molar-refractivity contribution in [2.45, 2.75) is 20.3 Å². The van der Waals surface area contributed by atoms with Crippen LogP contribution in [-0.2, 0) is 11.2 Å². The summed E-state index contributed by atoms with van der Waals surface area (Å²) in [6.07, 6.45) is 3.98. The molecule has 2 rings (SSSR count). The molecule has 0 saturated carbocycles. The zero-order chi connectivity index (χ0) is 18.2. The number of hydrogen-bond donors (Lipinski definition) is 2. The molecule has 0 aromatic heterocycles. The summed E-state index contributed by atoms with van der Waals surface area (Å²) in [7, 11) is 0. The Morgan fingerprint density at radius 1 is 1.32 bits per heavy atom. The lowest BCUT2D eigenvalue weighted by Crippen LogP contribution is -2.04. The van der Waals surface area contributed by atoms with E-state index in [1.165, 1.54) is 6.92 Å². The van der Waals surface area contributed by atoms with E-state index in [0.717, 1.165) is 22.5 Å². The van der Waals surface area contributed by atoms with Crippen LogP contribution in [0.15, 0.2) is 54.0 Å². The summed E-state index contributed by atoms with van der Waals surface area (Å²) in [6.45, 7) is 7.50. The number of benzene rings is 2. The van der Waals surface area contributed by atoms with Crippen molar-refractivity contribution in [3.63, 3.8) is 0 Å².